The third kappa shape index (κ3) is 4.10. The molecule has 0 aliphatic carbocycles. The molecule has 0 amide bonds. The lowest BCUT2D eigenvalue weighted by atomic mass is 10.2. The molecule has 0 unspecified atom stereocenters. The zero-order chi connectivity index (χ0) is 17.6. The Morgan fingerprint density at radius 2 is 1.96 bits per heavy atom. The van der Waals surface area contributed by atoms with Crippen molar-refractivity contribution in [2.24, 2.45) is 0 Å². The Hall–Kier alpha value is -3.00. The number of pyridine rings is 1. The largest absolute Gasteiger partial charge is 0.457 e. The number of benzene rings is 1. The van der Waals surface area contributed by atoms with E-state index in [0.717, 1.165) is 0 Å². The lowest BCUT2D eigenvalue weighted by molar-refractivity contribution is -0.384. The van der Waals surface area contributed by atoms with Crippen LogP contribution in [0.4, 0.5) is 11.5 Å². The van der Waals surface area contributed by atoms with Gasteiger partial charge in [-0.1, -0.05) is 0 Å². The molecule has 1 aliphatic heterocycles. The molecule has 0 bridgehead atoms. The summed E-state index contributed by atoms with van der Waals surface area (Å²) in [5, 5.41) is 10.7. The normalized spacial score (nSPS) is 14.2. The van der Waals surface area contributed by atoms with Gasteiger partial charge < -0.3 is 14.4 Å². The van der Waals surface area contributed by atoms with Gasteiger partial charge in [-0.05, 0) is 29.8 Å². The number of anilines is 1. The van der Waals surface area contributed by atoms with Gasteiger partial charge in [-0.3, -0.25) is 10.1 Å². The number of non-ortho nitro benzene ring substituents is 1. The van der Waals surface area contributed by atoms with Crippen molar-refractivity contribution in [3.05, 3.63) is 63.8 Å². The molecule has 0 N–H and O–H groups in total. The summed E-state index contributed by atoms with van der Waals surface area (Å²) in [6, 6.07) is 9.26. The van der Waals surface area contributed by atoms with E-state index in [9.17, 15) is 14.9 Å². The van der Waals surface area contributed by atoms with E-state index < -0.39 is 10.9 Å². The van der Waals surface area contributed by atoms with E-state index in [1.54, 1.807) is 30.5 Å². The van der Waals surface area contributed by atoms with Crippen LogP contribution in [0.5, 0.6) is 0 Å². The minimum Gasteiger partial charge on any atom is -0.457 e. The molecule has 0 spiro atoms. The van der Waals surface area contributed by atoms with Gasteiger partial charge in [0.25, 0.3) is 5.69 Å². The molecule has 2 aromatic rings. The molecule has 2 heterocycles. The average Bonchev–Trinajstić information content (AvgIpc) is 2.67. The lowest BCUT2D eigenvalue weighted by Gasteiger charge is -2.28. The number of rotatable bonds is 5. The summed E-state index contributed by atoms with van der Waals surface area (Å²) in [5.74, 6) is 0.104. The van der Waals surface area contributed by atoms with Gasteiger partial charge in [0.15, 0.2) is 0 Å². The number of aromatic nitrogens is 1. The average molecular weight is 343 g/mol. The minimum atomic E-state index is -0.479. The van der Waals surface area contributed by atoms with E-state index in [2.05, 4.69) is 4.98 Å². The van der Waals surface area contributed by atoms with Gasteiger partial charge in [0.1, 0.15) is 18.0 Å². The monoisotopic (exact) mass is 343 g/mol. The van der Waals surface area contributed by atoms with Gasteiger partial charge in [0.2, 0.25) is 0 Å². The summed E-state index contributed by atoms with van der Waals surface area (Å²) >= 11 is 0. The molecular formula is C17H17N3O5. The predicted octanol–water partition coefficient (Wildman–Crippen LogP) is 2.18. The topological polar surface area (TPSA) is 94.8 Å². The van der Waals surface area contributed by atoms with E-state index in [-0.39, 0.29) is 12.3 Å². The second kappa shape index (κ2) is 7.71. The molecule has 1 fully saturated rings. The molecule has 8 heteroatoms. The Labute approximate surface area is 144 Å². The quantitative estimate of drug-likeness (QED) is 0.466. The highest BCUT2D eigenvalue weighted by molar-refractivity contribution is 5.94. The minimum absolute atomic E-state index is 0.00283. The first-order valence-electron chi connectivity index (χ1n) is 7.83. The second-order valence-corrected chi connectivity index (χ2v) is 5.47. The van der Waals surface area contributed by atoms with Crippen molar-refractivity contribution in [1.82, 2.24) is 4.98 Å². The highest BCUT2D eigenvalue weighted by Gasteiger charge is 2.20. The van der Waals surface area contributed by atoms with Gasteiger partial charge >= 0.3 is 5.97 Å². The van der Waals surface area contributed by atoms with E-state index in [1.165, 1.54) is 12.1 Å². The Morgan fingerprint density at radius 3 is 2.64 bits per heavy atom. The number of morpholine rings is 1. The van der Waals surface area contributed by atoms with Crippen molar-refractivity contribution in [2.45, 2.75) is 6.61 Å². The molecule has 1 aromatic heterocycles. The molecule has 1 saturated heterocycles. The number of esters is 1. The summed E-state index contributed by atoms with van der Waals surface area (Å²) in [4.78, 5) is 28.9. The highest BCUT2D eigenvalue weighted by atomic mass is 16.6. The van der Waals surface area contributed by atoms with Gasteiger partial charge in [0, 0.05) is 31.4 Å². The molecule has 0 saturated carbocycles. The highest BCUT2D eigenvalue weighted by Crippen LogP contribution is 2.20. The van der Waals surface area contributed by atoms with Crippen LogP contribution in [0.25, 0.3) is 0 Å². The summed E-state index contributed by atoms with van der Waals surface area (Å²) in [6.45, 7) is 2.55. The Balaban J connectivity index is 1.68. The van der Waals surface area contributed by atoms with Crippen LogP contribution in [-0.2, 0) is 16.1 Å². The summed E-state index contributed by atoms with van der Waals surface area (Å²) in [7, 11) is 0. The third-order valence-corrected chi connectivity index (χ3v) is 3.83. The van der Waals surface area contributed by atoms with Gasteiger partial charge in [-0.2, -0.15) is 0 Å². The maximum Gasteiger partial charge on any atom is 0.342 e. The SMILES string of the molecule is O=C(OCc1ccc([N+](=O)[O-])cc1)c1cccnc1N1CCOCC1. The van der Waals surface area contributed by atoms with Gasteiger partial charge in [0.05, 0.1) is 18.1 Å². The number of carbonyl (C=O) groups is 1. The molecule has 3 rings (SSSR count). The van der Waals surface area contributed by atoms with E-state index >= 15 is 0 Å². The fraction of sp³-hybridized carbons (Fsp3) is 0.294. The van der Waals surface area contributed by atoms with Crippen molar-refractivity contribution >= 4 is 17.5 Å². The number of hydrogen-bond donors (Lipinski definition) is 0. The van der Waals surface area contributed by atoms with Gasteiger partial charge in [-0.15, -0.1) is 0 Å². The van der Waals surface area contributed by atoms with Crippen LogP contribution < -0.4 is 4.90 Å². The zero-order valence-corrected chi connectivity index (χ0v) is 13.5. The van der Waals surface area contributed by atoms with Crippen LogP contribution >= 0.6 is 0 Å². The van der Waals surface area contributed by atoms with Crippen molar-refractivity contribution in [3.63, 3.8) is 0 Å². The maximum absolute atomic E-state index is 12.4. The van der Waals surface area contributed by atoms with Crippen molar-refractivity contribution in [2.75, 3.05) is 31.2 Å². The zero-order valence-electron chi connectivity index (χ0n) is 13.5. The van der Waals surface area contributed by atoms with Crippen molar-refractivity contribution < 1.29 is 19.2 Å². The Kier molecular flexibility index (Phi) is 5.20. The maximum atomic E-state index is 12.4. The first-order chi connectivity index (χ1) is 12.1. The first kappa shape index (κ1) is 16.8. The first-order valence-corrected chi connectivity index (χ1v) is 7.83. The number of carbonyl (C=O) groups excluding carboxylic acids is 1. The Morgan fingerprint density at radius 1 is 1.24 bits per heavy atom. The lowest BCUT2D eigenvalue weighted by Crippen LogP contribution is -2.37. The molecular weight excluding hydrogens is 326 g/mol. The van der Waals surface area contributed by atoms with Crippen LogP contribution in [0.1, 0.15) is 15.9 Å². The summed E-state index contributed by atoms with van der Waals surface area (Å²) < 4.78 is 10.7. The van der Waals surface area contributed by atoms with Gasteiger partial charge in [-0.25, -0.2) is 9.78 Å². The number of hydrogen-bond acceptors (Lipinski definition) is 7. The fourth-order valence-corrected chi connectivity index (χ4v) is 2.52. The predicted molar refractivity (Wildman–Crippen MR) is 89.5 cm³/mol. The number of ether oxygens (including phenoxy) is 2. The van der Waals surface area contributed by atoms with E-state index in [1.807, 2.05) is 4.90 Å². The smallest absolute Gasteiger partial charge is 0.342 e. The fourth-order valence-electron chi connectivity index (χ4n) is 2.52. The van der Waals surface area contributed by atoms with Crippen LogP contribution in [0.3, 0.4) is 0 Å². The van der Waals surface area contributed by atoms with E-state index in [0.29, 0.717) is 43.2 Å². The number of nitrogens with zero attached hydrogens (tertiary/aromatic N) is 3. The number of nitro benzene ring substituents is 1. The molecule has 130 valence electrons. The standard InChI is InChI=1S/C17H17N3O5/c21-17(25-12-13-3-5-14(6-4-13)20(22)23)15-2-1-7-18-16(15)19-8-10-24-11-9-19/h1-7H,8-12H2. The molecule has 8 nitrogen and oxygen atoms in total. The van der Waals surface area contributed by atoms with Crippen molar-refractivity contribution in [1.29, 1.82) is 0 Å². The van der Waals surface area contributed by atoms with Crippen LogP contribution in [0.15, 0.2) is 42.6 Å². The van der Waals surface area contributed by atoms with E-state index in [4.69, 9.17) is 9.47 Å². The molecule has 1 aliphatic rings. The van der Waals surface area contributed by atoms with Crippen LogP contribution in [-0.4, -0.2) is 42.2 Å². The van der Waals surface area contributed by atoms with Crippen LogP contribution in [0.2, 0.25) is 0 Å². The summed E-state index contributed by atoms with van der Waals surface area (Å²) in [5.41, 5.74) is 1.07. The third-order valence-electron chi connectivity index (χ3n) is 3.83. The number of nitro groups is 1. The Bertz CT molecular complexity index is 757. The molecule has 25 heavy (non-hydrogen) atoms. The molecule has 0 radical (unpaired) electrons. The summed E-state index contributed by atoms with van der Waals surface area (Å²) in [6.07, 6.45) is 1.64. The molecule has 0 atom stereocenters. The second-order valence-electron chi connectivity index (χ2n) is 5.47. The van der Waals surface area contributed by atoms with Crippen molar-refractivity contribution in [3.8, 4) is 0 Å². The molecule has 1 aromatic carbocycles. The van der Waals surface area contributed by atoms with Crippen LogP contribution in [0, 0.1) is 10.1 Å².